The normalized spacial score (nSPS) is 12.2. The van der Waals surface area contributed by atoms with Crippen LogP contribution < -0.4 is 10.5 Å². The molecule has 20 heavy (non-hydrogen) atoms. The molecule has 2 aromatic carbocycles. The molecule has 2 N–H and O–H groups in total. The van der Waals surface area contributed by atoms with Crippen LogP contribution >= 0.6 is 11.6 Å². The number of halogens is 2. The topological polar surface area (TPSA) is 35.2 Å². The summed E-state index contributed by atoms with van der Waals surface area (Å²) in [5, 5.41) is 0.577. The average Bonchev–Trinajstić information content (AvgIpc) is 2.38. The number of benzene rings is 2. The molecule has 0 fully saturated rings. The van der Waals surface area contributed by atoms with Crippen LogP contribution in [0.4, 0.5) is 4.39 Å². The maximum Gasteiger partial charge on any atom is 0.168 e. The van der Waals surface area contributed by atoms with E-state index >= 15 is 0 Å². The molecule has 106 valence electrons. The Kier molecular flexibility index (Phi) is 4.63. The summed E-state index contributed by atoms with van der Waals surface area (Å²) in [5.74, 6) is 0.372. The zero-order valence-electron chi connectivity index (χ0n) is 11.5. The van der Waals surface area contributed by atoms with Gasteiger partial charge >= 0.3 is 0 Å². The van der Waals surface area contributed by atoms with Gasteiger partial charge in [0, 0.05) is 16.6 Å². The van der Waals surface area contributed by atoms with E-state index in [0.717, 1.165) is 5.56 Å². The van der Waals surface area contributed by atoms with E-state index in [9.17, 15) is 4.39 Å². The van der Waals surface area contributed by atoms with E-state index < -0.39 is 0 Å². The number of ether oxygens (including phenoxy) is 1. The van der Waals surface area contributed by atoms with Crippen molar-refractivity contribution < 1.29 is 9.13 Å². The van der Waals surface area contributed by atoms with Crippen molar-refractivity contribution >= 4 is 11.6 Å². The largest absolute Gasteiger partial charge is 0.454 e. The van der Waals surface area contributed by atoms with Crippen LogP contribution in [0.1, 0.15) is 18.1 Å². The average molecular weight is 294 g/mol. The fourth-order valence-corrected chi connectivity index (χ4v) is 2.22. The Morgan fingerprint density at radius 1 is 1.20 bits per heavy atom. The van der Waals surface area contributed by atoms with Crippen LogP contribution in [0.25, 0.3) is 0 Å². The van der Waals surface area contributed by atoms with Crippen molar-refractivity contribution in [2.45, 2.75) is 26.3 Å². The Balaban J connectivity index is 2.38. The highest BCUT2D eigenvalue weighted by Gasteiger charge is 2.13. The third-order valence-corrected chi connectivity index (χ3v) is 3.33. The Labute approximate surface area is 123 Å². The van der Waals surface area contributed by atoms with Gasteiger partial charge in [-0.15, -0.1) is 0 Å². The van der Waals surface area contributed by atoms with Crippen molar-refractivity contribution in [3.8, 4) is 11.5 Å². The van der Waals surface area contributed by atoms with Crippen LogP contribution in [-0.4, -0.2) is 6.04 Å². The van der Waals surface area contributed by atoms with Crippen LogP contribution in [0.15, 0.2) is 36.4 Å². The Hall–Kier alpha value is -1.58. The SMILES string of the molecule is Cc1cccc(Oc2cccc(Cl)c2CC(C)N)c1F. The van der Waals surface area contributed by atoms with Gasteiger partial charge in [0.2, 0.25) is 0 Å². The third kappa shape index (κ3) is 3.30. The summed E-state index contributed by atoms with van der Waals surface area (Å²) >= 11 is 6.18. The second-order valence-electron chi connectivity index (χ2n) is 4.89. The summed E-state index contributed by atoms with van der Waals surface area (Å²) in [6.45, 7) is 3.59. The highest BCUT2D eigenvalue weighted by molar-refractivity contribution is 6.31. The van der Waals surface area contributed by atoms with Gasteiger partial charge in [0.15, 0.2) is 11.6 Å². The first kappa shape index (κ1) is 14.8. The van der Waals surface area contributed by atoms with Gasteiger partial charge in [-0.05, 0) is 44.0 Å². The lowest BCUT2D eigenvalue weighted by Gasteiger charge is -2.15. The van der Waals surface area contributed by atoms with Crippen molar-refractivity contribution in [1.29, 1.82) is 0 Å². The maximum atomic E-state index is 14.0. The van der Waals surface area contributed by atoms with Crippen molar-refractivity contribution in [2.75, 3.05) is 0 Å². The van der Waals surface area contributed by atoms with Gasteiger partial charge in [0.05, 0.1) is 0 Å². The van der Waals surface area contributed by atoms with Crippen LogP contribution in [0, 0.1) is 12.7 Å². The molecule has 2 nitrogen and oxygen atoms in total. The lowest BCUT2D eigenvalue weighted by Crippen LogP contribution is -2.18. The molecule has 0 radical (unpaired) electrons. The van der Waals surface area contributed by atoms with Crippen LogP contribution in [0.5, 0.6) is 11.5 Å². The number of hydrogen-bond acceptors (Lipinski definition) is 2. The summed E-state index contributed by atoms with van der Waals surface area (Å²) in [7, 11) is 0. The first-order valence-electron chi connectivity index (χ1n) is 6.45. The minimum Gasteiger partial charge on any atom is -0.454 e. The van der Waals surface area contributed by atoms with E-state index in [2.05, 4.69) is 0 Å². The first-order valence-corrected chi connectivity index (χ1v) is 6.82. The smallest absolute Gasteiger partial charge is 0.168 e. The monoisotopic (exact) mass is 293 g/mol. The van der Waals surface area contributed by atoms with Gasteiger partial charge in [-0.2, -0.15) is 0 Å². The quantitative estimate of drug-likeness (QED) is 0.902. The highest BCUT2D eigenvalue weighted by Crippen LogP contribution is 2.33. The molecule has 0 aliphatic heterocycles. The number of hydrogen-bond donors (Lipinski definition) is 1. The van der Waals surface area contributed by atoms with E-state index in [1.807, 2.05) is 6.92 Å². The Morgan fingerprint density at radius 2 is 1.85 bits per heavy atom. The van der Waals surface area contributed by atoms with Crippen molar-refractivity contribution in [3.63, 3.8) is 0 Å². The van der Waals surface area contributed by atoms with Gasteiger partial charge in [-0.25, -0.2) is 4.39 Å². The summed E-state index contributed by atoms with van der Waals surface area (Å²) in [6, 6.07) is 10.3. The summed E-state index contributed by atoms with van der Waals surface area (Å²) in [5.41, 5.74) is 7.16. The highest BCUT2D eigenvalue weighted by atomic mass is 35.5. The second kappa shape index (κ2) is 6.25. The number of rotatable bonds is 4. The fraction of sp³-hybridized carbons (Fsp3) is 0.250. The molecule has 0 bridgehead atoms. The number of aryl methyl sites for hydroxylation is 1. The van der Waals surface area contributed by atoms with Crippen molar-refractivity contribution in [3.05, 3.63) is 58.4 Å². The molecule has 0 aliphatic rings. The van der Waals surface area contributed by atoms with Crippen LogP contribution in [0.3, 0.4) is 0 Å². The molecule has 0 heterocycles. The Bertz CT molecular complexity index is 613. The van der Waals surface area contributed by atoms with Gasteiger partial charge in [0.1, 0.15) is 5.75 Å². The van der Waals surface area contributed by atoms with E-state index in [0.29, 0.717) is 22.8 Å². The van der Waals surface area contributed by atoms with Crippen LogP contribution in [0.2, 0.25) is 5.02 Å². The molecule has 1 atom stereocenters. The molecule has 1 unspecified atom stereocenters. The maximum absolute atomic E-state index is 14.0. The fourth-order valence-electron chi connectivity index (χ4n) is 1.97. The predicted octanol–water partition coefficient (Wildman–Crippen LogP) is 4.47. The molecule has 0 aromatic heterocycles. The minimum absolute atomic E-state index is 0.0559. The predicted molar refractivity (Wildman–Crippen MR) is 80.0 cm³/mol. The molecule has 0 spiro atoms. The molecule has 4 heteroatoms. The van der Waals surface area contributed by atoms with Gasteiger partial charge < -0.3 is 10.5 Å². The van der Waals surface area contributed by atoms with Crippen molar-refractivity contribution in [1.82, 2.24) is 0 Å². The molecule has 0 amide bonds. The van der Waals surface area contributed by atoms with E-state index in [1.54, 1.807) is 43.3 Å². The van der Waals surface area contributed by atoms with Gasteiger partial charge in [-0.1, -0.05) is 29.8 Å². The summed E-state index contributed by atoms with van der Waals surface area (Å²) < 4.78 is 19.7. The molecule has 2 rings (SSSR count). The zero-order valence-corrected chi connectivity index (χ0v) is 12.2. The lowest BCUT2D eigenvalue weighted by atomic mass is 10.1. The minimum atomic E-state index is -0.362. The second-order valence-corrected chi connectivity index (χ2v) is 5.29. The summed E-state index contributed by atoms with van der Waals surface area (Å²) in [6.07, 6.45) is 0.572. The lowest BCUT2D eigenvalue weighted by molar-refractivity contribution is 0.434. The zero-order chi connectivity index (χ0) is 14.7. The molecule has 2 aromatic rings. The van der Waals surface area contributed by atoms with Crippen LogP contribution in [-0.2, 0) is 6.42 Å². The Morgan fingerprint density at radius 3 is 2.55 bits per heavy atom. The first-order chi connectivity index (χ1) is 9.49. The van der Waals surface area contributed by atoms with Gasteiger partial charge in [-0.3, -0.25) is 0 Å². The molecule has 0 aliphatic carbocycles. The molecule has 0 saturated heterocycles. The molecular weight excluding hydrogens is 277 g/mol. The van der Waals surface area contributed by atoms with E-state index in [4.69, 9.17) is 22.1 Å². The molecule has 0 saturated carbocycles. The summed E-state index contributed by atoms with van der Waals surface area (Å²) in [4.78, 5) is 0. The van der Waals surface area contributed by atoms with E-state index in [1.165, 1.54) is 0 Å². The van der Waals surface area contributed by atoms with E-state index in [-0.39, 0.29) is 17.6 Å². The number of nitrogens with two attached hydrogens (primary N) is 1. The standard InChI is InChI=1S/C16H17ClFNO/c1-10-5-3-8-15(16(10)18)20-14-7-4-6-13(17)12(14)9-11(2)19/h3-8,11H,9,19H2,1-2H3. The molecular formula is C16H17ClFNO. The van der Waals surface area contributed by atoms with Gasteiger partial charge in [0.25, 0.3) is 0 Å². The third-order valence-electron chi connectivity index (χ3n) is 2.98. The van der Waals surface area contributed by atoms with Crippen molar-refractivity contribution in [2.24, 2.45) is 5.73 Å².